The molecule has 4 atom stereocenters. The van der Waals surface area contributed by atoms with Crippen LogP contribution in [-0.4, -0.2) is 62.6 Å². The van der Waals surface area contributed by atoms with Gasteiger partial charge >= 0.3 is 7.82 Å². The fourth-order valence-corrected chi connectivity index (χ4v) is 1.67. The van der Waals surface area contributed by atoms with E-state index < -0.39 is 38.8 Å². The molecule has 0 aromatic carbocycles. The van der Waals surface area contributed by atoms with E-state index in [2.05, 4.69) is 9.84 Å². The number of phosphoric acid groups is 1. The first-order valence-electron chi connectivity index (χ1n) is 4.29. The van der Waals surface area contributed by atoms with Gasteiger partial charge < -0.3 is 30.4 Å². The third-order valence-corrected chi connectivity index (χ3v) is 2.65. The molecule has 1 rings (SSSR count). The summed E-state index contributed by atoms with van der Waals surface area (Å²) in [6.07, 6.45) is -3.79. The van der Waals surface area contributed by atoms with Crippen LogP contribution in [-0.2, 0) is 9.09 Å². The van der Waals surface area contributed by atoms with E-state index in [4.69, 9.17) is 14.9 Å². The van der Waals surface area contributed by atoms with Crippen LogP contribution in [0.5, 0.6) is 0 Å². The number of aliphatic hydroxyl groups is 3. The topological polar surface area (TPSA) is 139 Å². The maximum absolute atomic E-state index is 10.4. The van der Waals surface area contributed by atoms with E-state index in [0.29, 0.717) is 0 Å². The Bertz CT molecular complexity index is 256. The second kappa shape index (κ2) is 4.86. The Hall–Kier alpha value is -0.0500. The summed E-state index contributed by atoms with van der Waals surface area (Å²) >= 11 is 0. The highest BCUT2D eigenvalue weighted by atomic mass is 31.2. The summed E-state index contributed by atoms with van der Waals surface area (Å²) in [5.74, 6) is 0. The van der Waals surface area contributed by atoms with Crippen molar-refractivity contribution in [2.75, 3.05) is 13.2 Å². The van der Waals surface area contributed by atoms with Crippen molar-refractivity contribution in [2.24, 2.45) is 0 Å². The molecule has 0 spiro atoms. The number of hydrogen-bond donors (Lipinski definition) is 6. The molecule has 0 amide bonds. The lowest BCUT2D eigenvalue weighted by atomic mass is 9.97. The molecule has 1 saturated heterocycles. The summed E-state index contributed by atoms with van der Waals surface area (Å²) in [6, 6.07) is -0.823. The van der Waals surface area contributed by atoms with Crippen molar-refractivity contribution in [1.29, 1.82) is 0 Å². The maximum atomic E-state index is 10.4. The zero-order valence-corrected chi connectivity index (χ0v) is 8.62. The van der Waals surface area contributed by atoms with Crippen LogP contribution >= 0.6 is 7.82 Å². The Morgan fingerprint density at radius 3 is 2.40 bits per heavy atom. The molecular formula is C6H14NO7P. The van der Waals surface area contributed by atoms with Crippen molar-refractivity contribution < 1.29 is 34.2 Å². The third kappa shape index (κ3) is 3.78. The van der Waals surface area contributed by atoms with Crippen LogP contribution in [0.15, 0.2) is 0 Å². The van der Waals surface area contributed by atoms with Crippen LogP contribution in [0, 0.1) is 0 Å². The molecule has 15 heavy (non-hydrogen) atoms. The minimum Gasteiger partial charge on any atom is -0.389 e. The van der Waals surface area contributed by atoms with Gasteiger partial charge in [0, 0.05) is 6.54 Å². The summed E-state index contributed by atoms with van der Waals surface area (Å²) in [5.41, 5.74) is 0. The van der Waals surface area contributed by atoms with E-state index >= 15 is 0 Å². The van der Waals surface area contributed by atoms with Gasteiger partial charge in [0.05, 0.1) is 24.9 Å². The first-order valence-corrected chi connectivity index (χ1v) is 5.82. The predicted octanol–water partition coefficient (Wildman–Crippen LogP) is -2.85. The summed E-state index contributed by atoms with van der Waals surface area (Å²) in [5, 5.41) is 30.4. The average Bonchev–Trinajstić information content (AvgIpc) is 2.12. The van der Waals surface area contributed by atoms with Gasteiger partial charge in [-0.25, -0.2) is 4.57 Å². The van der Waals surface area contributed by atoms with Crippen LogP contribution in [0.3, 0.4) is 0 Å². The zero-order chi connectivity index (χ0) is 11.6. The molecule has 0 aromatic heterocycles. The van der Waals surface area contributed by atoms with Crippen LogP contribution in [0.2, 0.25) is 0 Å². The summed E-state index contributed by atoms with van der Waals surface area (Å²) in [7, 11) is -4.59. The molecular weight excluding hydrogens is 229 g/mol. The maximum Gasteiger partial charge on any atom is 0.469 e. The van der Waals surface area contributed by atoms with Gasteiger partial charge in [0.25, 0.3) is 0 Å². The van der Waals surface area contributed by atoms with Gasteiger partial charge in [-0.3, -0.25) is 4.52 Å². The highest BCUT2D eigenvalue weighted by Gasteiger charge is 2.37. The Morgan fingerprint density at radius 1 is 1.27 bits per heavy atom. The van der Waals surface area contributed by atoms with Crippen molar-refractivity contribution in [2.45, 2.75) is 24.4 Å². The van der Waals surface area contributed by atoms with Gasteiger partial charge in [-0.2, -0.15) is 0 Å². The Kier molecular flexibility index (Phi) is 4.21. The van der Waals surface area contributed by atoms with Crippen molar-refractivity contribution >= 4 is 7.82 Å². The molecule has 8 nitrogen and oxygen atoms in total. The lowest BCUT2D eigenvalue weighted by molar-refractivity contribution is -0.1000. The standard InChI is InChI=1S/C6H14NO7P/c8-4-1-7-3(5(9)6(4)10)2-14-15(11,12)13/h3-10H,1-2H2,(H2,11,12,13)/t3-,4+,5-,6-/m1/s1. The van der Waals surface area contributed by atoms with Crippen molar-refractivity contribution in [1.82, 2.24) is 5.32 Å². The summed E-state index contributed by atoms with van der Waals surface area (Å²) in [4.78, 5) is 16.8. The predicted molar refractivity (Wildman–Crippen MR) is 47.8 cm³/mol. The molecule has 90 valence electrons. The van der Waals surface area contributed by atoms with Gasteiger partial charge in [0.1, 0.15) is 6.10 Å². The van der Waals surface area contributed by atoms with Gasteiger partial charge in [-0.1, -0.05) is 0 Å². The van der Waals surface area contributed by atoms with Crippen molar-refractivity contribution in [3.05, 3.63) is 0 Å². The molecule has 1 aliphatic rings. The molecule has 1 aliphatic heterocycles. The van der Waals surface area contributed by atoms with E-state index in [0.717, 1.165) is 0 Å². The zero-order valence-electron chi connectivity index (χ0n) is 7.72. The Balaban J connectivity index is 2.46. The highest BCUT2D eigenvalue weighted by Crippen LogP contribution is 2.36. The largest absolute Gasteiger partial charge is 0.469 e. The molecule has 1 fully saturated rings. The van der Waals surface area contributed by atoms with E-state index in [-0.39, 0.29) is 6.54 Å². The molecule has 9 heteroatoms. The van der Waals surface area contributed by atoms with Crippen LogP contribution < -0.4 is 5.32 Å². The van der Waals surface area contributed by atoms with E-state index in [1.807, 2.05) is 0 Å². The van der Waals surface area contributed by atoms with Gasteiger partial charge in [-0.15, -0.1) is 0 Å². The number of phosphoric ester groups is 1. The lowest BCUT2D eigenvalue weighted by Gasteiger charge is -2.35. The first-order chi connectivity index (χ1) is 6.81. The average molecular weight is 243 g/mol. The first kappa shape index (κ1) is 13.0. The number of β-amino-alcohol motifs (C(OH)–C–C–N with tert-alkyl or cyclic N) is 1. The second-order valence-electron chi connectivity index (χ2n) is 3.35. The third-order valence-electron chi connectivity index (χ3n) is 2.17. The van der Waals surface area contributed by atoms with Crippen molar-refractivity contribution in [3.8, 4) is 0 Å². The monoisotopic (exact) mass is 243 g/mol. The van der Waals surface area contributed by atoms with Crippen LogP contribution in [0.4, 0.5) is 0 Å². The minimum absolute atomic E-state index is 0.0212. The Morgan fingerprint density at radius 2 is 1.87 bits per heavy atom. The van der Waals surface area contributed by atoms with E-state index in [9.17, 15) is 14.8 Å². The highest BCUT2D eigenvalue weighted by molar-refractivity contribution is 7.46. The van der Waals surface area contributed by atoms with E-state index in [1.54, 1.807) is 0 Å². The molecule has 0 radical (unpaired) electrons. The SMILES string of the molecule is O=P(O)(O)OC[C@H]1NC[C@H](O)[C@@H](O)[C@@H]1O. The number of hydrogen-bond acceptors (Lipinski definition) is 6. The van der Waals surface area contributed by atoms with Crippen LogP contribution in [0.25, 0.3) is 0 Å². The molecule has 0 aliphatic carbocycles. The fraction of sp³-hybridized carbons (Fsp3) is 1.00. The molecule has 0 bridgehead atoms. The van der Waals surface area contributed by atoms with E-state index in [1.165, 1.54) is 0 Å². The molecule has 1 heterocycles. The normalized spacial score (nSPS) is 37.9. The van der Waals surface area contributed by atoms with Gasteiger partial charge in [0.2, 0.25) is 0 Å². The Labute approximate surface area is 85.7 Å². The quantitative estimate of drug-likeness (QED) is 0.291. The smallest absolute Gasteiger partial charge is 0.389 e. The number of rotatable bonds is 3. The van der Waals surface area contributed by atoms with Crippen LogP contribution in [0.1, 0.15) is 0 Å². The second-order valence-corrected chi connectivity index (χ2v) is 4.59. The number of piperidine rings is 1. The molecule has 6 N–H and O–H groups in total. The molecule has 0 saturated carbocycles. The summed E-state index contributed by atoms with van der Waals surface area (Å²) < 4.78 is 14.6. The number of aliphatic hydroxyl groups excluding tert-OH is 3. The lowest BCUT2D eigenvalue weighted by Crippen LogP contribution is -2.61. The fourth-order valence-electron chi connectivity index (χ4n) is 1.31. The minimum atomic E-state index is -4.59. The van der Waals surface area contributed by atoms with Crippen molar-refractivity contribution in [3.63, 3.8) is 0 Å². The molecule has 0 aromatic rings. The van der Waals surface area contributed by atoms with Gasteiger partial charge in [0.15, 0.2) is 0 Å². The summed E-state index contributed by atoms with van der Waals surface area (Å²) in [6.45, 7) is -0.428. The number of nitrogens with one attached hydrogen (secondary N) is 1. The van der Waals surface area contributed by atoms with Gasteiger partial charge in [-0.05, 0) is 0 Å². The molecule has 0 unspecified atom stereocenters.